The molecule has 1 heterocycles. The molecule has 0 aliphatic rings. The van der Waals surface area contributed by atoms with Gasteiger partial charge in [0.15, 0.2) is 0 Å². The molecule has 0 saturated carbocycles. The predicted octanol–water partition coefficient (Wildman–Crippen LogP) is 6.63. The smallest absolute Gasteiger partial charge is 0.254 e. The van der Waals surface area contributed by atoms with Crippen molar-refractivity contribution in [2.75, 3.05) is 11.9 Å². The van der Waals surface area contributed by atoms with Crippen LogP contribution >= 0.6 is 0 Å². The van der Waals surface area contributed by atoms with Crippen molar-refractivity contribution in [3.63, 3.8) is 0 Å². The molecule has 0 fully saturated rings. The molecule has 0 saturated heterocycles. The van der Waals surface area contributed by atoms with Crippen LogP contribution in [0.2, 0.25) is 0 Å². The number of hydrogen-bond donors (Lipinski definition) is 1. The Bertz CT molecular complexity index is 1400. The Hall–Kier alpha value is -4.19. The molecule has 1 aromatic heterocycles. The second-order valence-corrected chi connectivity index (χ2v) is 10.9. The van der Waals surface area contributed by atoms with Crippen LogP contribution in [0.4, 0.5) is 5.82 Å². The third kappa shape index (κ3) is 6.20. The first-order valence-corrected chi connectivity index (χ1v) is 13.0. The number of anilines is 1. The molecule has 0 bridgehead atoms. The summed E-state index contributed by atoms with van der Waals surface area (Å²) in [4.78, 5) is 28.2. The van der Waals surface area contributed by atoms with Gasteiger partial charge in [-0.05, 0) is 56.0 Å². The van der Waals surface area contributed by atoms with Gasteiger partial charge in [0, 0.05) is 23.2 Å². The summed E-state index contributed by atoms with van der Waals surface area (Å²) >= 11 is 0. The number of nitrogens with zero attached hydrogens (tertiary/aromatic N) is 3. The molecule has 6 nitrogen and oxygen atoms in total. The fourth-order valence-electron chi connectivity index (χ4n) is 4.21. The number of aromatic nitrogens is 2. The second kappa shape index (κ2) is 11.1. The summed E-state index contributed by atoms with van der Waals surface area (Å²) in [5.74, 6) is 0.0854. The van der Waals surface area contributed by atoms with E-state index in [0.717, 1.165) is 28.1 Å². The van der Waals surface area contributed by atoms with Gasteiger partial charge in [0.2, 0.25) is 5.91 Å². The van der Waals surface area contributed by atoms with E-state index in [1.165, 1.54) is 0 Å². The number of nitrogens with one attached hydrogen (secondary N) is 1. The number of hydrogen-bond acceptors (Lipinski definition) is 3. The highest BCUT2D eigenvalue weighted by atomic mass is 16.2. The summed E-state index contributed by atoms with van der Waals surface area (Å²) in [6, 6.07) is 27.2. The van der Waals surface area contributed by atoms with Gasteiger partial charge in [0.1, 0.15) is 12.4 Å². The molecule has 38 heavy (non-hydrogen) atoms. The minimum absolute atomic E-state index is 0.00178. The number of carbonyl (C=O) groups is 2. The molecule has 0 aliphatic heterocycles. The largest absolute Gasteiger partial charge is 0.327 e. The van der Waals surface area contributed by atoms with Crippen molar-refractivity contribution in [1.82, 2.24) is 14.7 Å². The molecule has 0 atom stereocenters. The summed E-state index contributed by atoms with van der Waals surface area (Å²) in [5, 5.41) is 7.78. The van der Waals surface area contributed by atoms with Crippen molar-refractivity contribution >= 4 is 17.6 Å². The fraction of sp³-hybridized carbons (Fsp3) is 0.281. The van der Waals surface area contributed by atoms with E-state index in [-0.39, 0.29) is 29.8 Å². The molecule has 0 spiro atoms. The van der Waals surface area contributed by atoms with Crippen molar-refractivity contribution in [3.05, 3.63) is 102 Å². The summed E-state index contributed by atoms with van der Waals surface area (Å²) < 4.78 is 1.73. The van der Waals surface area contributed by atoms with Gasteiger partial charge in [-0.1, -0.05) is 80.9 Å². The molecular weight excluding hydrogens is 472 g/mol. The molecule has 6 heteroatoms. The lowest BCUT2D eigenvalue weighted by atomic mass is 9.86. The van der Waals surface area contributed by atoms with Crippen molar-refractivity contribution in [2.24, 2.45) is 0 Å². The molecule has 0 aliphatic carbocycles. The molecule has 3 aromatic carbocycles. The van der Waals surface area contributed by atoms with E-state index in [9.17, 15) is 9.59 Å². The van der Waals surface area contributed by atoms with Crippen LogP contribution in [0.3, 0.4) is 0 Å². The van der Waals surface area contributed by atoms with Crippen LogP contribution < -0.4 is 5.32 Å². The average Bonchev–Trinajstić information content (AvgIpc) is 3.31. The summed E-state index contributed by atoms with van der Waals surface area (Å²) in [6.07, 6.45) is 0. The Labute approximate surface area is 225 Å². The van der Waals surface area contributed by atoms with E-state index in [1.54, 1.807) is 9.58 Å². The van der Waals surface area contributed by atoms with E-state index in [1.807, 2.05) is 106 Å². The number of carbonyl (C=O) groups excluding carboxylic acids is 2. The average molecular weight is 509 g/mol. The maximum Gasteiger partial charge on any atom is 0.254 e. The Balaban J connectivity index is 1.58. The van der Waals surface area contributed by atoms with E-state index in [4.69, 9.17) is 5.10 Å². The lowest BCUT2D eigenvalue weighted by Crippen LogP contribution is -2.42. The minimum Gasteiger partial charge on any atom is -0.327 e. The lowest BCUT2D eigenvalue weighted by Gasteiger charge is -2.27. The Morgan fingerprint density at radius 3 is 2.13 bits per heavy atom. The molecule has 1 N–H and O–H groups in total. The quantitative estimate of drug-likeness (QED) is 0.304. The van der Waals surface area contributed by atoms with E-state index in [0.29, 0.717) is 11.4 Å². The molecule has 4 rings (SSSR count). The second-order valence-electron chi connectivity index (χ2n) is 10.9. The van der Waals surface area contributed by atoms with Crippen LogP contribution in [0, 0.1) is 6.92 Å². The molecular formula is C32H36N4O2. The van der Waals surface area contributed by atoms with Gasteiger partial charge in [-0.25, -0.2) is 4.68 Å². The van der Waals surface area contributed by atoms with E-state index >= 15 is 0 Å². The molecule has 2 amide bonds. The van der Waals surface area contributed by atoms with E-state index < -0.39 is 0 Å². The van der Waals surface area contributed by atoms with Gasteiger partial charge < -0.3 is 10.2 Å². The monoisotopic (exact) mass is 508 g/mol. The molecule has 0 radical (unpaired) electrons. The van der Waals surface area contributed by atoms with Crippen LogP contribution in [-0.4, -0.2) is 39.1 Å². The molecule has 4 aromatic rings. The maximum absolute atomic E-state index is 13.4. The van der Waals surface area contributed by atoms with Gasteiger partial charge in [-0.2, -0.15) is 5.10 Å². The number of aryl methyl sites for hydroxylation is 1. The summed E-state index contributed by atoms with van der Waals surface area (Å²) in [5.41, 5.74) is 5.39. The first-order chi connectivity index (χ1) is 18.0. The topological polar surface area (TPSA) is 67.2 Å². The van der Waals surface area contributed by atoms with Gasteiger partial charge in [0.25, 0.3) is 5.91 Å². The maximum atomic E-state index is 13.4. The van der Waals surface area contributed by atoms with Crippen molar-refractivity contribution in [1.29, 1.82) is 0 Å². The number of rotatable bonds is 7. The fourth-order valence-corrected chi connectivity index (χ4v) is 4.21. The summed E-state index contributed by atoms with van der Waals surface area (Å²) in [7, 11) is 0. The van der Waals surface area contributed by atoms with Crippen molar-refractivity contribution in [3.8, 4) is 16.9 Å². The zero-order valence-electron chi connectivity index (χ0n) is 23.0. The minimum atomic E-state index is -0.286. The Morgan fingerprint density at radius 2 is 1.55 bits per heavy atom. The zero-order chi connectivity index (χ0) is 27.4. The van der Waals surface area contributed by atoms with Crippen LogP contribution in [-0.2, 0) is 10.2 Å². The van der Waals surface area contributed by atoms with Crippen LogP contribution in [0.15, 0.2) is 84.9 Å². The third-order valence-electron chi connectivity index (χ3n) is 6.52. The van der Waals surface area contributed by atoms with Gasteiger partial charge >= 0.3 is 0 Å². The zero-order valence-corrected chi connectivity index (χ0v) is 23.0. The normalized spacial score (nSPS) is 11.4. The van der Waals surface area contributed by atoms with Gasteiger partial charge in [0.05, 0.1) is 11.4 Å². The lowest BCUT2D eigenvalue weighted by molar-refractivity contribution is -0.117. The van der Waals surface area contributed by atoms with Crippen LogP contribution in [0.5, 0.6) is 0 Å². The van der Waals surface area contributed by atoms with Crippen LogP contribution in [0.25, 0.3) is 16.9 Å². The highest BCUT2D eigenvalue weighted by molar-refractivity contribution is 5.99. The number of amides is 2. The highest BCUT2D eigenvalue weighted by Gasteiger charge is 2.24. The van der Waals surface area contributed by atoms with Crippen molar-refractivity contribution in [2.45, 2.75) is 53.0 Å². The van der Waals surface area contributed by atoms with Crippen molar-refractivity contribution < 1.29 is 9.59 Å². The third-order valence-corrected chi connectivity index (χ3v) is 6.52. The SMILES string of the molecule is Cc1ccc(-n2nc(-c3ccccc3)cc2NC(=O)CN(C(=O)c2ccc(C(C)(C)C)cc2)C(C)C)cc1. The number of benzene rings is 3. The predicted molar refractivity (Wildman–Crippen MR) is 154 cm³/mol. The van der Waals surface area contributed by atoms with Gasteiger partial charge in [-0.3, -0.25) is 9.59 Å². The first-order valence-electron chi connectivity index (χ1n) is 13.0. The van der Waals surface area contributed by atoms with Crippen LogP contribution in [0.1, 0.15) is 56.1 Å². The molecule has 196 valence electrons. The standard InChI is InChI=1S/C32H36N4O2/c1-22(2)35(31(38)25-14-16-26(17-15-25)32(4,5)6)21-30(37)33-29-20-28(24-10-8-7-9-11-24)34-36(29)27-18-12-23(3)13-19-27/h7-20,22H,21H2,1-6H3,(H,33,37). The first kappa shape index (κ1) is 26.9. The van der Waals surface area contributed by atoms with Gasteiger partial charge in [-0.15, -0.1) is 0 Å². The summed E-state index contributed by atoms with van der Waals surface area (Å²) in [6.45, 7) is 12.2. The van der Waals surface area contributed by atoms with E-state index in [2.05, 4.69) is 26.1 Å². The highest BCUT2D eigenvalue weighted by Crippen LogP contribution is 2.26. The molecule has 0 unspecified atom stereocenters. The Kier molecular flexibility index (Phi) is 7.81. The Morgan fingerprint density at radius 1 is 0.921 bits per heavy atom.